The van der Waals surface area contributed by atoms with Crippen molar-refractivity contribution in [1.29, 1.82) is 5.26 Å². The summed E-state index contributed by atoms with van der Waals surface area (Å²) in [4.78, 5) is 8.90. The Hall–Kier alpha value is -3.22. The molecule has 0 fully saturated rings. The minimum atomic E-state index is 0. The first kappa shape index (κ1) is 30.3. The molecule has 2 heterocycles. The molecule has 0 N–H and O–H groups in total. The van der Waals surface area contributed by atoms with E-state index < -0.39 is 0 Å². The van der Waals surface area contributed by atoms with Gasteiger partial charge in [-0.15, -0.1) is 35.1 Å². The summed E-state index contributed by atoms with van der Waals surface area (Å²) < 4.78 is 0. The maximum Gasteiger partial charge on any atom is 4.00 e. The zero-order chi connectivity index (χ0) is 27.7. The van der Waals surface area contributed by atoms with Gasteiger partial charge < -0.3 is 31.4 Å². The first-order valence-electron chi connectivity index (χ1n) is 13.1. The maximum atomic E-state index is 6.25. The number of fused-ring (bicyclic) bond motifs is 1. The molecule has 5 nitrogen and oxygen atoms in total. The van der Waals surface area contributed by atoms with Gasteiger partial charge in [0.1, 0.15) is 0 Å². The number of para-hydroxylation sites is 2. The molecular formula is C33H37N5Pt. The van der Waals surface area contributed by atoms with Crippen molar-refractivity contribution in [3.05, 3.63) is 103 Å². The smallest absolute Gasteiger partial charge is 0.512 e. The van der Waals surface area contributed by atoms with Gasteiger partial charge >= 0.3 is 21.1 Å². The van der Waals surface area contributed by atoms with E-state index in [1.807, 2.05) is 0 Å². The normalized spacial score (nSPS) is 14.6. The topological polar surface area (TPSA) is 36.8 Å². The number of benzene rings is 3. The summed E-state index contributed by atoms with van der Waals surface area (Å²) >= 11 is 0. The van der Waals surface area contributed by atoms with Gasteiger partial charge in [-0.05, 0) is 74.3 Å². The third kappa shape index (κ3) is 5.59. The van der Waals surface area contributed by atoms with Gasteiger partial charge in [-0.25, -0.2) is 0 Å². The summed E-state index contributed by atoms with van der Waals surface area (Å²) in [6.07, 6.45) is 0. The molecule has 0 bridgehead atoms. The van der Waals surface area contributed by atoms with Crippen molar-refractivity contribution in [3.8, 4) is 11.1 Å². The van der Waals surface area contributed by atoms with Gasteiger partial charge in [0.15, 0.2) is 0 Å². The van der Waals surface area contributed by atoms with E-state index in [2.05, 4.69) is 149 Å². The van der Waals surface area contributed by atoms with Crippen LogP contribution < -0.4 is 14.7 Å². The van der Waals surface area contributed by atoms with Crippen LogP contribution in [-0.4, -0.2) is 19.0 Å². The van der Waals surface area contributed by atoms with Gasteiger partial charge in [-0.1, -0.05) is 58.0 Å². The summed E-state index contributed by atoms with van der Waals surface area (Å²) in [5.74, 6) is 0.849. The van der Waals surface area contributed by atoms with Crippen LogP contribution in [0, 0.1) is 31.2 Å². The predicted molar refractivity (Wildman–Crippen MR) is 158 cm³/mol. The van der Waals surface area contributed by atoms with Gasteiger partial charge in [0.05, 0.1) is 0 Å². The second kappa shape index (κ2) is 12.3. The number of nitrogens with zero attached hydrogens (tertiary/aromatic N) is 5. The van der Waals surface area contributed by atoms with Crippen molar-refractivity contribution in [2.75, 3.05) is 28.8 Å². The summed E-state index contributed by atoms with van der Waals surface area (Å²) in [7, 11) is 4.21. The van der Waals surface area contributed by atoms with Crippen LogP contribution in [0.4, 0.5) is 22.7 Å². The summed E-state index contributed by atoms with van der Waals surface area (Å²) in [6.45, 7) is 22.6. The molecule has 0 atom stereocenters. The van der Waals surface area contributed by atoms with E-state index in [9.17, 15) is 0 Å². The van der Waals surface area contributed by atoms with E-state index in [1.54, 1.807) is 0 Å². The average Bonchev–Trinajstić information content (AvgIpc) is 3.40. The zero-order valence-electron chi connectivity index (χ0n) is 24.1. The second-order valence-electron chi connectivity index (χ2n) is 10.6. The fraction of sp³-hybridized carbons (Fsp3) is 0.303. The van der Waals surface area contributed by atoms with E-state index in [0.717, 1.165) is 11.4 Å². The van der Waals surface area contributed by atoms with Crippen LogP contribution in [0.25, 0.3) is 11.1 Å². The molecule has 0 spiro atoms. The quantitative estimate of drug-likeness (QED) is 0.251. The SMILES string of the molecule is CC1=C(C)N(c2[c-]c(N3[CH-]N(C)c4ccccc43)cc(-c3c(C(C)C)cccc3C(C)C)c2)[CH-]N1C.[C-]#N.[Pt+4]. The maximum absolute atomic E-state index is 6.25. The summed E-state index contributed by atoms with van der Waals surface area (Å²) in [5, 5.41) is 6.25. The van der Waals surface area contributed by atoms with Crippen LogP contribution >= 0.6 is 0 Å². The van der Waals surface area contributed by atoms with Crippen molar-refractivity contribution < 1.29 is 21.1 Å². The van der Waals surface area contributed by atoms with Gasteiger partial charge in [0.25, 0.3) is 0 Å². The fourth-order valence-corrected chi connectivity index (χ4v) is 5.30. The van der Waals surface area contributed by atoms with Crippen LogP contribution in [0.5, 0.6) is 0 Å². The second-order valence-corrected chi connectivity index (χ2v) is 10.6. The molecule has 0 saturated heterocycles. The molecule has 0 unspecified atom stereocenters. The van der Waals surface area contributed by atoms with Crippen LogP contribution in [0.1, 0.15) is 64.5 Å². The number of allylic oxidation sites excluding steroid dienone is 2. The van der Waals surface area contributed by atoms with Gasteiger partial charge in [0, 0.05) is 17.1 Å². The van der Waals surface area contributed by atoms with E-state index in [0.29, 0.717) is 11.8 Å². The van der Waals surface area contributed by atoms with Crippen LogP contribution in [0.3, 0.4) is 0 Å². The molecule has 0 amide bonds. The molecule has 0 aliphatic carbocycles. The standard InChI is InChI=1S/C32H37N4.CN.Pt/c1-21(2)28-12-11-13-29(22(3)4)32(28)25-16-26(35-19-33(7)23(5)24(35)6)18-27(17-25)36-20-34(8)30-14-9-10-15-31(30)36;1-2;/h9-17,19-22H,1-8H3;;/q-3;-1;+4. The Morgan fingerprint density at radius 2 is 1.23 bits per heavy atom. The number of anilines is 4. The third-order valence-corrected chi connectivity index (χ3v) is 7.53. The fourth-order valence-electron chi connectivity index (χ4n) is 5.30. The van der Waals surface area contributed by atoms with Crippen molar-refractivity contribution >= 4 is 22.7 Å². The number of hydrogen-bond acceptors (Lipinski definition) is 5. The first-order valence-corrected chi connectivity index (χ1v) is 13.1. The average molecular weight is 699 g/mol. The van der Waals surface area contributed by atoms with E-state index in [-0.39, 0.29) is 21.1 Å². The number of rotatable bonds is 5. The Morgan fingerprint density at radius 3 is 1.74 bits per heavy atom. The molecule has 0 aromatic heterocycles. The molecule has 39 heavy (non-hydrogen) atoms. The van der Waals surface area contributed by atoms with Crippen LogP contribution in [0.15, 0.2) is 66.0 Å². The van der Waals surface area contributed by atoms with Crippen LogP contribution in [-0.2, 0) is 21.1 Å². The van der Waals surface area contributed by atoms with E-state index >= 15 is 0 Å². The molecule has 204 valence electrons. The minimum Gasteiger partial charge on any atom is -0.512 e. The molecule has 3 aromatic rings. The molecule has 2 aliphatic rings. The first-order chi connectivity index (χ1) is 18.2. The van der Waals surface area contributed by atoms with Gasteiger partial charge in [0.2, 0.25) is 0 Å². The summed E-state index contributed by atoms with van der Waals surface area (Å²) in [5.41, 5.74) is 12.3. The molecule has 2 aliphatic heterocycles. The minimum absolute atomic E-state index is 0. The van der Waals surface area contributed by atoms with Crippen LogP contribution in [0.2, 0.25) is 0 Å². The largest absolute Gasteiger partial charge is 4.00 e. The molecule has 0 radical (unpaired) electrons. The summed E-state index contributed by atoms with van der Waals surface area (Å²) in [6, 6.07) is 23.7. The Morgan fingerprint density at radius 1 is 0.718 bits per heavy atom. The Balaban J connectivity index is 0.00000137. The Labute approximate surface area is 249 Å². The molecule has 6 heteroatoms. The predicted octanol–water partition coefficient (Wildman–Crippen LogP) is 8.32. The molecular weight excluding hydrogens is 661 g/mol. The van der Waals surface area contributed by atoms with Gasteiger partial charge in [-0.3, -0.25) is 0 Å². The van der Waals surface area contributed by atoms with Crippen molar-refractivity contribution in [1.82, 2.24) is 4.90 Å². The Kier molecular flexibility index (Phi) is 9.57. The van der Waals surface area contributed by atoms with Gasteiger partial charge in [-0.2, -0.15) is 13.3 Å². The van der Waals surface area contributed by atoms with Crippen molar-refractivity contribution in [3.63, 3.8) is 0 Å². The Bertz CT molecular complexity index is 1350. The van der Waals surface area contributed by atoms with Crippen molar-refractivity contribution in [2.45, 2.75) is 53.4 Å². The molecule has 0 saturated carbocycles. The van der Waals surface area contributed by atoms with E-state index in [4.69, 9.17) is 11.8 Å². The zero-order valence-corrected chi connectivity index (χ0v) is 26.3. The van der Waals surface area contributed by atoms with E-state index in [1.165, 1.54) is 45.0 Å². The molecule has 3 aromatic carbocycles. The third-order valence-electron chi connectivity index (χ3n) is 7.53. The monoisotopic (exact) mass is 698 g/mol. The van der Waals surface area contributed by atoms with Crippen molar-refractivity contribution in [2.24, 2.45) is 0 Å². The number of hydrogen-bond donors (Lipinski definition) is 0. The molecule has 5 rings (SSSR count).